The van der Waals surface area contributed by atoms with Gasteiger partial charge in [0.25, 0.3) is 5.19 Å². The van der Waals surface area contributed by atoms with Crippen LogP contribution in [0.2, 0.25) is 0 Å². The normalized spacial score (nSPS) is 13.1. The molecule has 16 heavy (non-hydrogen) atoms. The first-order valence-corrected chi connectivity index (χ1v) is 7.52. The Morgan fingerprint density at radius 3 is 2.88 bits per heavy atom. The SMILES string of the molecule is CCOc1nnc(CN(C)[C@H](C)CSC)s1. The van der Waals surface area contributed by atoms with Gasteiger partial charge in [0.15, 0.2) is 0 Å². The Labute approximate surface area is 105 Å². The highest BCUT2D eigenvalue weighted by Crippen LogP contribution is 2.19. The summed E-state index contributed by atoms with van der Waals surface area (Å²) in [6.45, 7) is 5.66. The molecule has 4 nitrogen and oxygen atoms in total. The average Bonchev–Trinajstić information content (AvgIpc) is 2.66. The van der Waals surface area contributed by atoms with Crippen molar-refractivity contribution in [2.45, 2.75) is 26.4 Å². The zero-order valence-electron chi connectivity index (χ0n) is 10.3. The zero-order valence-corrected chi connectivity index (χ0v) is 11.9. The second-order valence-corrected chi connectivity index (χ2v) is 5.55. The van der Waals surface area contributed by atoms with Crippen LogP contribution in [-0.4, -0.2) is 46.8 Å². The summed E-state index contributed by atoms with van der Waals surface area (Å²) < 4.78 is 5.30. The first kappa shape index (κ1) is 13.7. The van der Waals surface area contributed by atoms with Gasteiger partial charge in [0.2, 0.25) is 0 Å². The number of aromatic nitrogens is 2. The van der Waals surface area contributed by atoms with E-state index in [0.717, 1.165) is 17.3 Å². The third kappa shape index (κ3) is 4.27. The molecular formula is C10H19N3OS2. The summed E-state index contributed by atoms with van der Waals surface area (Å²) in [5.41, 5.74) is 0. The van der Waals surface area contributed by atoms with Crippen molar-refractivity contribution in [3.05, 3.63) is 5.01 Å². The van der Waals surface area contributed by atoms with E-state index in [1.807, 2.05) is 18.7 Å². The zero-order chi connectivity index (χ0) is 12.0. The maximum absolute atomic E-state index is 5.30. The minimum absolute atomic E-state index is 0.550. The molecule has 0 aliphatic carbocycles. The molecule has 1 aromatic heterocycles. The van der Waals surface area contributed by atoms with Crippen molar-refractivity contribution >= 4 is 23.1 Å². The van der Waals surface area contributed by atoms with Crippen molar-refractivity contribution < 1.29 is 4.74 Å². The van der Waals surface area contributed by atoms with Gasteiger partial charge < -0.3 is 4.74 Å². The van der Waals surface area contributed by atoms with Crippen LogP contribution in [0.15, 0.2) is 0 Å². The monoisotopic (exact) mass is 261 g/mol. The third-order valence-corrected chi connectivity index (χ3v) is 3.90. The fourth-order valence-electron chi connectivity index (χ4n) is 1.22. The summed E-state index contributed by atoms with van der Waals surface area (Å²) in [6.07, 6.45) is 2.13. The van der Waals surface area contributed by atoms with Gasteiger partial charge >= 0.3 is 0 Å². The van der Waals surface area contributed by atoms with Crippen LogP contribution in [0.3, 0.4) is 0 Å². The molecule has 0 radical (unpaired) electrons. The van der Waals surface area contributed by atoms with Gasteiger partial charge in [-0.15, -0.1) is 10.2 Å². The molecule has 1 heterocycles. The Bertz CT molecular complexity index is 306. The van der Waals surface area contributed by atoms with Crippen molar-refractivity contribution in [1.82, 2.24) is 15.1 Å². The predicted molar refractivity (Wildman–Crippen MR) is 70.4 cm³/mol. The van der Waals surface area contributed by atoms with E-state index < -0.39 is 0 Å². The first-order valence-electron chi connectivity index (χ1n) is 5.31. The lowest BCUT2D eigenvalue weighted by molar-refractivity contribution is 0.268. The third-order valence-electron chi connectivity index (χ3n) is 2.26. The second-order valence-electron chi connectivity index (χ2n) is 3.61. The fourth-order valence-corrected chi connectivity index (χ4v) is 2.77. The molecule has 0 saturated carbocycles. The topological polar surface area (TPSA) is 38.3 Å². The Morgan fingerprint density at radius 2 is 2.25 bits per heavy atom. The Balaban J connectivity index is 2.45. The van der Waals surface area contributed by atoms with Gasteiger partial charge in [0, 0.05) is 11.8 Å². The summed E-state index contributed by atoms with van der Waals surface area (Å²) in [4.78, 5) is 2.28. The van der Waals surface area contributed by atoms with Crippen molar-refractivity contribution in [3.63, 3.8) is 0 Å². The lowest BCUT2D eigenvalue weighted by Crippen LogP contribution is -2.30. The number of hydrogen-bond donors (Lipinski definition) is 0. The Hall–Kier alpha value is -0.330. The summed E-state index contributed by atoms with van der Waals surface area (Å²) in [5, 5.41) is 9.77. The van der Waals surface area contributed by atoms with Gasteiger partial charge in [-0.2, -0.15) is 11.8 Å². The minimum atomic E-state index is 0.550. The van der Waals surface area contributed by atoms with Crippen molar-refractivity contribution in [2.75, 3.05) is 25.7 Å². The van der Waals surface area contributed by atoms with Crippen LogP contribution in [0.5, 0.6) is 5.19 Å². The van der Waals surface area contributed by atoms with E-state index in [-0.39, 0.29) is 0 Å². The van der Waals surface area contributed by atoms with Gasteiger partial charge in [-0.1, -0.05) is 11.3 Å². The largest absolute Gasteiger partial charge is 0.469 e. The molecule has 0 N–H and O–H groups in total. The van der Waals surface area contributed by atoms with Crippen LogP contribution in [-0.2, 0) is 6.54 Å². The molecule has 0 saturated heterocycles. The van der Waals surface area contributed by atoms with E-state index in [9.17, 15) is 0 Å². The van der Waals surface area contributed by atoms with Crippen LogP contribution < -0.4 is 4.74 Å². The van der Waals surface area contributed by atoms with E-state index in [0.29, 0.717) is 17.8 Å². The number of hydrogen-bond acceptors (Lipinski definition) is 6. The molecule has 6 heteroatoms. The number of ether oxygens (including phenoxy) is 1. The molecule has 0 aliphatic heterocycles. The van der Waals surface area contributed by atoms with E-state index in [1.165, 1.54) is 11.3 Å². The predicted octanol–water partition coefficient (Wildman–Crippen LogP) is 2.12. The molecule has 1 atom stereocenters. The number of rotatable bonds is 7. The van der Waals surface area contributed by atoms with Gasteiger partial charge in [-0.05, 0) is 27.2 Å². The summed E-state index contributed by atoms with van der Waals surface area (Å²) >= 11 is 3.39. The van der Waals surface area contributed by atoms with Gasteiger partial charge in [0.05, 0.1) is 13.2 Å². The molecule has 0 aromatic carbocycles. The maximum atomic E-state index is 5.30. The molecule has 0 fully saturated rings. The van der Waals surface area contributed by atoms with Crippen LogP contribution in [0, 0.1) is 0 Å². The quantitative estimate of drug-likeness (QED) is 0.751. The van der Waals surface area contributed by atoms with Gasteiger partial charge in [-0.25, -0.2) is 0 Å². The van der Waals surface area contributed by atoms with Gasteiger partial charge in [0.1, 0.15) is 5.01 Å². The van der Waals surface area contributed by atoms with Crippen molar-refractivity contribution in [2.24, 2.45) is 0 Å². The lowest BCUT2D eigenvalue weighted by atomic mass is 10.3. The Kier molecular flexibility index (Phi) is 6.08. The molecule has 0 spiro atoms. The molecule has 1 rings (SSSR count). The summed E-state index contributed by atoms with van der Waals surface area (Å²) in [7, 11) is 2.11. The molecule has 0 unspecified atom stereocenters. The number of nitrogens with zero attached hydrogens (tertiary/aromatic N) is 3. The molecular weight excluding hydrogens is 242 g/mol. The van der Waals surface area contributed by atoms with Crippen molar-refractivity contribution in [1.29, 1.82) is 0 Å². The lowest BCUT2D eigenvalue weighted by Gasteiger charge is -2.22. The molecule has 92 valence electrons. The average molecular weight is 261 g/mol. The maximum Gasteiger partial charge on any atom is 0.294 e. The second kappa shape index (κ2) is 7.09. The van der Waals surface area contributed by atoms with E-state index in [1.54, 1.807) is 0 Å². The first-order chi connectivity index (χ1) is 7.67. The van der Waals surface area contributed by atoms with E-state index in [4.69, 9.17) is 4.74 Å². The minimum Gasteiger partial charge on any atom is -0.469 e. The van der Waals surface area contributed by atoms with Crippen molar-refractivity contribution in [3.8, 4) is 5.19 Å². The molecule has 0 amide bonds. The molecule has 0 aliphatic rings. The van der Waals surface area contributed by atoms with Crippen LogP contribution in [0.25, 0.3) is 0 Å². The number of thioether (sulfide) groups is 1. The van der Waals surface area contributed by atoms with Crippen LogP contribution in [0.1, 0.15) is 18.9 Å². The molecule has 0 bridgehead atoms. The van der Waals surface area contributed by atoms with E-state index >= 15 is 0 Å². The fraction of sp³-hybridized carbons (Fsp3) is 0.800. The highest BCUT2D eigenvalue weighted by molar-refractivity contribution is 7.98. The van der Waals surface area contributed by atoms with Crippen LogP contribution in [0.4, 0.5) is 0 Å². The highest BCUT2D eigenvalue weighted by Gasteiger charge is 2.12. The highest BCUT2D eigenvalue weighted by atomic mass is 32.2. The smallest absolute Gasteiger partial charge is 0.294 e. The molecule has 1 aromatic rings. The standard InChI is InChI=1S/C10H19N3OS2/c1-5-14-10-12-11-9(16-10)6-13(3)8(2)7-15-4/h8H,5-7H2,1-4H3/t8-/m1/s1. The van der Waals surface area contributed by atoms with E-state index in [2.05, 4.69) is 35.3 Å². The van der Waals surface area contributed by atoms with Crippen LogP contribution >= 0.6 is 23.1 Å². The summed E-state index contributed by atoms with van der Waals surface area (Å²) in [6, 6.07) is 0.550. The Morgan fingerprint density at radius 1 is 1.50 bits per heavy atom. The summed E-state index contributed by atoms with van der Waals surface area (Å²) in [5.74, 6) is 1.13. The van der Waals surface area contributed by atoms with Gasteiger partial charge in [-0.3, -0.25) is 4.90 Å².